The summed E-state index contributed by atoms with van der Waals surface area (Å²) < 4.78 is 47.9. The number of carbonyl (C=O) groups is 1. The molecule has 1 aromatic carbocycles. The number of hydrogen-bond donors (Lipinski definition) is 2. The Labute approximate surface area is 119 Å². The van der Waals surface area contributed by atoms with Gasteiger partial charge in [-0.05, 0) is 31.2 Å². The van der Waals surface area contributed by atoms with E-state index in [9.17, 15) is 23.1 Å². The average Bonchev–Trinajstić information content (AvgIpc) is 2.44. The Bertz CT molecular complexity index is 475. The van der Waals surface area contributed by atoms with Crippen molar-refractivity contribution >= 4 is 11.7 Å². The maximum atomic E-state index is 12.9. The fourth-order valence-corrected chi connectivity index (χ4v) is 1.48. The fourth-order valence-electron chi connectivity index (χ4n) is 1.48. The molecular formula is C13H16F3NO4. The summed E-state index contributed by atoms with van der Waals surface area (Å²) in [4.78, 5) is 11.4. The molecule has 2 N–H and O–H groups in total. The maximum absolute atomic E-state index is 12.9. The molecule has 0 aromatic heterocycles. The van der Waals surface area contributed by atoms with E-state index in [2.05, 4.69) is 10.1 Å². The lowest BCUT2D eigenvalue weighted by Crippen LogP contribution is -2.57. The molecule has 0 saturated heterocycles. The molecule has 0 bridgehead atoms. The Morgan fingerprint density at radius 2 is 1.86 bits per heavy atom. The Morgan fingerprint density at radius 1 is 1.29 bits per heavy atom. The smallest absolute Gasteiger partial charge is 0.429 e. The first kappa shape index (κ1) is 17.1. The second-order valence-electron chi connectivity index (χ2n) is 4.16. The van der Waals surface area contributed by atoms with Crippen molar-refractivity contribution in [1.82, 2.24) is 0 Å². The van der Waals surface area contributed by atoms with Crippen LogP contribution >= 0.6 is 0 Å². The number of alkyl halides is 3. The molecule has 0 aliphatic carbocycles. The Morgan fingerprint density at radius 3 is 2.29 bits per heavy atom. The molecule has 1 unspecified atom stereocenters. The van der Waals surface area contributed by atoms with E-state index in [4.69, 9.17) is 4.74 Å². The van der Waals surface area contributed by atoms with Crippen LogP contribution in [0.2, 0.25) is 0 Å². The summed E-state index contributed by atoms with van der Waals surface area (Å²) in [7, 11) is 1.45. The molecule has 0 aliphatic rings. The number of aliphatic hydroxyl groups is 1. The van der Waals surface area contributed by atoms with E-state index in [-0.39, 0.29) is 6.61 Å². The number of ether oxygens (including phenoxy) is 2. The van der Waals surface area contributed by atoms with Gasteiger partial charge in [-0.2, -0.15) is 13.2 Å². The normalized spacial score (nSPS) is 14.2. The van der Waals surface area contributed by atoms with E-state index >= 15 is 0 Å². The predicted octanol–water partition coefficient (Wildman–Crippen LogP) is 1.96. The van der Waals surface area contributed by atoms with Gasteiger partial charge >= 0.3 is 12.1 Å². The second-order valence-corrected chi connectivity index (χ2v) is 4.16. The van der Waals surface area contributed by atoms with Crippen molar-refractivity contribution in [3.05, 3.63) is 24.3 Å². The number of halogens is 3. The minimum Gasteiger partial charge on any atom is -0.497 e. The van der Waals surface area contributed by atoms with E-state index in [0.717, 1.165) is 0 Å². The summed E-state index contributed by atoms with van der Waals surface area (Å²) >= 11 is 0. The summed E-state index contributed by atoms with van der Waals surface area (Å²) in [5.74, 6) is -1.21. The van der Waals surface area contributed by atoms with Crippen LogP contribution in [0.1, 0.15) is 6.92 Å². The van der Waals surface area contributed by atoms with Gasteiger partial charge < -0.3 is 19.9 Å². The van der Waals surface area contributed by atoms with Crippen molar-refractivity contribution in [2.45, 2.75) is 18.7 Å². The summed E-state index contributed by atoms with van der Waals surface area (Å²) in [5, 5.41) is 12.0. The van der Waals surface area contributed by atoms with Gasteiger partial charge in [0.05, 0.1) is 20.3 Å². The van der Waals surface area contributed by atoms with Gasteiger partial charge in [-0.3, -0.25) is 0 Å². The van der Waals surface area contributed by atoms with Crippen molar-refractivity contribution in [1.29, 1.82) is 0 Å². The Hall–Kier alpha value is -1.96. The molecule has 5 nitrogen and oxygen atoms in total. The largest absolute Gasteiger partial charge is 0.497 e. The zero-order valence-corrected chi connectivity index (χ0v) is 11.5. The van der Waals surface area contributed by atoms with Gasteiger partial charge in [0.15, 0.2) is 0 Å². The van der Waals surface area contributed by atoms with Crippen molar-refractivity contribution in [2.75, 3.05) is 25.6 Å². The van der Waals surface area contributed by atoms with Crippen molar-refractivity contribution in [2.24, 2.45) is 0 Å². The first-order valence-corrected chi connectivity index (χ1v) is 6.09. The zero-order chi connectivity index (χ0) is 16.1. The number of carbonyl (C=O) groups excluding carboxylic acids is 1. The quantitative estimate of drug-likeness (QED) is 0.787. The number of benzene rings is 1. The second kappa shape index (κ2) is 6.66. The van der Waals surface area contributed by atoms with Gasteiger partial charge in [-0.25, -0.2) is 4.79 Å². The lowest BCUT2D eigenvalue weighted by atomic mass is 10.0. The number of nitrogens with one attached hydrogen (secondary N) is 1. The Kier molecular flexibility index (Phi) is 5.42. The van der Waals surface area contributed by atoms with E-state index < -0.39 is 24.3 Å². The van der Waals surface area contributed by atoms with E-state index in [1.165, 1.54) is 38.3 Å². The molecular weight excluding hydrogens is 291 g/mol. The van der Waals surface area contributed by atoms with Gasteiger partial charge in [0.2, 0.25) is 0 Å². The van der Waals surface area contributed by atoms with Gasteiger partial charge in [0, 0.05) is 5.69 Å². The van der Waals surface area contributed by atoms with E-state index in [1.807, 2.05) is 0 Å². The third-order valence-electron chi connectivity index (χ3n) is 2.72. The molecule has 1 rings (SSSR count). The third-order valence-corrected chi connectivity index (χ3v) is 2.72. The SMILES string of the molecule is CCOC(=O)C(O)(CNc1ccc(OC)cc1)C(F)(F)F. The third kappa shape index (κ3) is 4.01. The number of rotatable bonds is 6. The summed E-state index contributed by atoms with van der Waals surface area (Å²) in [6.07, 6.45) is -5.15. The van der Waals surface area contributed by atoms with Crippen molar-refractivity contribution < 1.29 is 32.5 Å². The minimum atomic E-state index is -5.15. The highest BCUT2D eigenvalue weighted by molar-refractivity contribution is 5.81. The minimum absolute atomic E-state index is 0.264. The Balaban J connectivity index is 2.84. The fraction of sp³-hybridized carbons (Fsp3) is 0.462. The first-order valence-electron chi connectivity index (χ1n) is 6.09. The lowest BCUT2D eigenvalue weighted by molar-refractivity contribution is -0.257. The summed E-state index contributed by atoms with van der Waals surface area (Å²) in [6, 6.07) is 5.97. The molecule has 0 radical (unpaired) electrons. The van der Waals surface area contributed by atoms with Crippen molar-refractivity contribution in [3.63, 3.8) is 0 Å². The van der Waals surface area contributed by atoms with Crippen molar-refractivity contribution in [3.8, 4) is 5.75 Å². The molecule has 21 heavy (non-hydrogen) atoms. The predicted molar refractivity (Wildman–Crippen MR) is 69.1 cm³/mol. The van der Waals surface area contributed by atoms with Crippen LogP contribution in [0.4, 0.5) is 18.9 Å². The van der Waals surface area contributed by atoms with Crippen LogP contribution in [-0.2, 0) is 9.53 Å². The molecule has 0 heterocycles. The van der Waals surface area contributed by atoms with Crippen LogP contribution in [0.25, 0.3) is 0 Å². The number of esters is 1. The number of methoxy groups -OCH3 is 1. The molecule has 8 heteroatoms. The lowest BCUT2D eigenvalue weighted by Gasteiger charge is -2.28. The number of hydrogen-bond acceptors (Lipinski definition) is 5. The van der Waals surface area contributed by atoms with Crippen LogP contribution < -0.4 is 10.1 Å². The molecule has 0 fully saturated rings. The number of anilines is 1. The van der Waals surface area contributed by atoms with Gasteiger partial charge in [0.1, 0.15) is 5.75 Å². The van der Waals surface area contributed by atoms with E-state index in [1.54, 1.807) is 0 Å². The molecule has 0 spiro atoms. The standard InChI is InChI=1S/C13H16F3NO4/c1-3-21-11(18)12(19,13(14,15)16)8-17-9-4-6-10(20-2)7-5-9/h4-7,17,19H,3,8H2,1-2H3. The molecule has 0 saturated carbocycles. The van der Waals surface area contributed by atoms with Crippen LogP contribution in [0, 0.1) is 0 Å². The van der Waals surface area contributed by atoms with Gasteiger partial charge in [-0.1, -0.05) is 0 Å². The molecule has 118 valence electrons. The highest BCUT2D eigenvalue weighted by Gasteiger charge is 2.60. The first-order chi connectivity index (χ1) is 9.74. The van der Waals surface area contributed by atoms with Crippen LogP contribution in [-0.4, -0.2) is 43.1 Å². The maximum Gasteiger partial charge on any atom is 0.429 e. The van der Waals surface area contributed by atoms with Gasteiger partial charge in [-0.15, -0.1) is 0 Å². The summed E-state index contributed by atoms with van der Waals surface area (Å²) in [6.45, 7) is 0.0347. The zero-order valence-electron chi connectivity index (χ0n) is 11.5. The van der Waals surface area contributed by atoms with Gasteiger partial charge in [0.25, 0.3) is 5.60 Å². The van der Waals surface area contributed by atoms with Crippen LogP contribution in [0.3, 0.4) is 0 Å². The highest BCUT2D eigenvalue weighted by Crippen LogP contribution is 2.32. The topological polar surface area (TPSA) is 67.8 Å². The average molecular weight is 307 g/mol. The molecule has 0 amide bonds. The highest BCUT2D eigenvalue weighted by atomic mass is 19.4. The molecule has 1 aromatic rings. The molecule has 1 atom stereocenters. The van der Waals surface area contributed by atoms with Crippen LogP contribution in [0.15, 0.2) is 24.3 Å². The monoisotopic (exact) mass is 307 g/mol. The molecule has 0 aliphatic heterocycles. The van der Waals surface area contributed by atoms with E-state index in [0.29, 0.717) is 11.4 Å². The summed E-state index contributed by atoms with van der Waals surface area (Å²) in [5.41, 5.74) is -3.31. The van der Waals surface area contributed by atoms with Crippen LogP contribution in [0.5, 0.6) is 5.75 Å².